The number of aryl methyl sites for hydroxylation is 1. The molecule has 8 heteroatoms. The van der Waals surface area contributed by atoms with Crippen LogP contribution >= 0.6 is 15.9 Å². The van der Waals surface area contributed by atoms with E-state index < -0.39 is 0 Å². The summed E-state index contributed by atoms with van der Waals surface area (Å²) in [5, 5.41) is 17.4. The molecule has 0 aliphatic carbocycles. The molecule has 0 atom stereocenters. The molecule has 0 fully saturated rings. The Kier molecular flexibility index (Phi) is 4.13. The molecule has 2 amide bonds. The Morgan fingerprint density at radius 1 is 1.07 bits per heavy atom. The van der Waals surface area contributed by atoms with E-state index in [1.165, 1.54) is 0 Å². The van der Waals surface area contributed by atoms with Crippen molar-refractivity contribution in [1.29, 1.82) is 0 Å². The number of fused-ring (bicyclic) bond motifs is 2. The van der Waals surface area contributed by atoms with Gasteiger partial charge in [-0.05, 0) is 57.4 Å². The summed E-state index contributed by atoms with van der Waals surface area (Å²) in [5.41, 5.74) is 5.99. The first-order valence-corrected chi connectivity index (χ1v) is 9.77. The normalized spacial score (nSPS) is 11.9. The lowest BCUT2D eigenvalue weighted by molar-refractivity contribution is 0.258. The van der Waals surface area contributed by atoms with Gasteiger partial charge in [-0.3, -0.25) is 4.90 Å². The van der Waals surface area contributed by atoms with Crippen molar-refractivity contribution in [3.8, 4) is 22.5 Å². The first kappa shape index (κ1) is 17.6. The quantitative estimate of drug-likeness (QED) is 0.447. The largest absolute Gasteiger partial charge is 0.331 e. The second kappa shape index (κ2) is 6.82. The number of halogens is 1. The SMILES string of the molecule is Cc1cc(-c2ccccc2)c2c(-c3nn[nH]n3)c1N2C(=O)Nc1ccccc1Br. The van der Waals surface area contributed by atoms with Crippen LogP contribution in [0.15, 0.2) is 65.1 Å². The fourth-order valence-electron chi connectivity index (χ4n) is 3.63. The monoisotopic (exact) mass is 446 g/mol. The van der Waals surface area contributed by atoms with E-state index in [4.69, 9.17) is 0 Å². The first-order chi connectivity index (χ1) is 14.1. The van der Waals surface area contributed by atoms with Gasteiger partial charge in [-0.1, -0.05) is 42.5 Å². The lowest BCUT2D eigenvalue weighted by Gasteiger charge is -2.39. The van der Waals surface area contributed by atoms with Crippen LogP contribution in [0.25, 0.3) is 22.5 Å². The zero-order valence-corrected chi connectivity index (χ0v) is 16.9. The molecule has 3 aromatic carbocycles. The predicted octanol–water partition coefficient (Wildman–Crippen LogP) is 5.29. The van der Waals surface area contributed by atoms with E-state index in [1.54, 1.807) is 4.90 Å². The van der Waals surface area contributed by atoms with Gasteiger partial charge in [0, 0.05) is 10.0 Å². The van der Waals surface area contributed by atoms with E-state index in [1.807, 2.05) is 61.5 Å². The number of anilines is 3. The number of carbonyl (C=O) groups is 1. The van der Waals surface area contributed by atoms with Gasteiger partial charge in [0.2, 0.25) is 5.82 Å². The molecule has 2 aliphatic rings. The van der Waals surface area contributed by atoms with E-state index >= 15 is 0 Å². The summed E-state index contributed by atoms with van der Waals surface area (Å²) < 4.78 is 0.816. The van der Waals surface area contributed by atoms with Gasteiger partial charge in [0.05, 0.1) is 22.6 Å². The molecule has 2 bridgehead atoms. The topological polar surface area (TPSA) is 86.8 Å². The predicted molar refractivity (Wildman–Crippen MR) is 115 cm³/mol. The molecule has 2 N–H and O–H groups in total. The lowest BCUT2D eigenvalue weighted by Crippen LogP contribution is -2.38. The third-order valence-electron chi connectivity index (χ3n) is 4.88. The Morgan fingerprint density at radius 2 is 1.83 bits per heavy atom. The number of hydrogen-bond donors (Lipinski definition) is 2. The van der Waals surface area contributed by atoms with E-state index in [2.05, 4.69) is 47.9 Å². The number of para-hydroxylation sites is 1. The molecule has 142 valence electrons. The summed E-state index contributed by atoms with van der Waals surface area (Å²) in [6.45, 7) is 1.98. The molecule has 0 unspecified atom stereocenters. The van der Waals surface area contributed by atoms with Crippen molar-refractivity contribution in [2.24, 2.45) is 0 Å². The van der Waals surface area contributed by atoms with Crippen LogP contribution in [-0.4, -0.2) is 26.7 Å². The molecular formula is C21H15BrN6O. The van der Waals surface area contributed by atoms with Crippen molar-refractivity contribution in [3.63, 3.8) is 0 Å². The van der Waals surface area contributed by atoms with Gasteiger partial charge in [0.15, 0.2) is 0 Å². The summed E-state index contributed by atoms with van der Waals surface area (Å²) in [6.07, 6.45) is 0. The van der Waals surface area contributed by atoms with Crippen LogP contribution < -0.4 is 10.2 Å². The van der Waals surface area contributed by atoms with E-state index in [-0.39, 0.29) is 6.03 Å². The molecule has 7 nitrogen and oxygen atoms in total. The molecular weight excluding hydrogens is 432 g/mol. The number of carbonyl (C=O) groups excluding carboxylic acids is 1. The van der Waals surface area contributed by atoms with Gasteiger partial charge in [0.25, 0.3) is 0 Å². The summed E-state index contributed by atoms with van der Waals surface area (Å²) in [4.78, 5) is 14.9. The Bertz CT molecular complexity index is 1220. The van der Waals surface area contributed by atoms with Crippen LogP contribution in [0.5, 0.6) is 0 Å². The second-order valence-corrected chi connectivity index (χ2v) is 7.51. The molecule has 4 aromatic rings. The van der Waals surface area contributed by atoms with Crippen molar-refractivity contribution in [2.75, 3.05) is 10.2 Å². The van der Waals surface area contributed by atoms with Gasteiger partial charge in [-0.2, -0.15) is 5.21 Å². The molecule has 6 rings (SSSR count). The lowest BCUT2D eigenvalue weighted by atomic mass is 9.87. The van der Waals surface area contributed by atoms with Gasteiger partial charge in [-0.25, -0.2) is 4.79 Å². The zero-order valence-electron chi connectivity index (χ0n) is 15.3. The smallest absolute Gasteiger partial charge is 0.306 e. The van der Waals surface area contributed by atoms with Crippen LogP contribution in [0.3, 0.4) is 0 Å². The first-order valence-electron chi connectivity index (χ1n) is 8.97. The van der Waals surface area contributed by atoms with Crippen molar-refractivity contribution in [3.05, 3.63) is 70.7 Å². The number of tetrazole rings is 1. The number of nitrogens with one attached hydrogen (secondary N) is 2. The summed E-state index contributed by atoms with van der Waals surface area (Å²) >= 11 is 3.48. The minimum Gasteiger partial charge on any atom is -0.306 e. The minimum atomic E-state index is -0.241. The fraction of sp³-hybridized carbons (Fsp3) is 0.0476. The van der Waals surface area contributed by atoms with E-state index in [9.17, 15) is 4.79 Å². The Labute approximate surface area is 174 Å². The highest BCUT2D eigenvalue weighted by Gasteiger charge is 2.40. The van der Waals surface area contributed by atoms with Crippen molar-refractivity contribution in [1.82, 2.24) is 20.6 Å². The molecule has 0 spiro atoms. The van der Waals surface area contributed by atoms with Gasteiger partial charge < -0.3 is 5.32 Å². The number of benzene rings is 3. The standard InChI is InChI=1S/C21H15BrN6O/c1-12-11-14(13-7-3-2-4-8-13)19-17(20-24-26-27-25-20)18(12)28(19)21(29)23-16-10-6-5-9-15(16)22/h2-11H,1H3,(H,23,29)(H,24,25,26,27). The number of H-pyrrole nitrogens is 1. The molecule has 0 saturated heterocycles. The van der Waals surface area contributed by atoms with Gasteiger partial charge >= 0.3 is 6.03 Å². The number of aromatic nitrogens is 4. The maximum atomic E-state index is 13.2. The molecule has 0 saturated carbocycles. The maximum Gasteiger partial charge on any atom is 0.331 e. The second-order valence-electron chi connectivity index (χ2n) is 6.66. The minimum absolute atomic E-state index is 0.241. The van der Waals surface area contributed by atoms with Crippen LogP contribution in [0.2, 0.25) is 0 Å². The van der Waals surface area contributed by atoms with Crippen LogP contribution in [0.1, 0.15) is 5.56 Å². The summed E-state index contributed by atoms with van der Waals surface area (Å²) in [5.74, 6) is 0.473. The van der Waals surface area contributed by atoms with Gasteiger partial charge in [-0.15, -0.1) is 10.2 Å². The highest BCUT2D eigenvalue weighted by atomic mass is 79.9. The van der Waals surface area contributed by atoms with Crippen LogP contribution in [0, 0.1) is 6.92 Å². The van der Waals surface area contributed by atoms with Crippen LogP contribution in [-0.2, 0) is 0 Å². The van der Waals surface area contributed by atoms with Crippen molar-refractivity contribution < 1.29 is 4.79 Å². The third-order valence-corrected chi connectivity index (χ3v) is 5.57. The number of amides is 2. The number of aromatic amines is 1. The van der Waals surface area contributed by atoms with Crippen molar-refractivity contribution in [2.45, 2.75) is 6.92 Å². The average Bonchev–Trinajstić information content (AvgIpc) is 3.23. The van der Waals surface area contributed by atoms with Gasteiger partial charge in [0.1, 0.15) is 0 Å². The molecule has 1 aromatic heterocycles. The Balaban J connectivity index is 1.63. The van der Waals surface area contributed by atoms with Crippen LogP contribution in [0.4, 0.5) is 21.9 Å². The highest BCUT2D eigenvalue weighted by molar-refractivity contribution is 9.10. The number of nitrogens with zero attached hydrogens (tertiary/aromatic N) is 4. The molecule has 3 heterocycles. The molecule has 29 heavy (non-hydrogen) atoms. The summed E-state index contributed by atoms with van der Waals surface area (Å²) in [6, 6.07) is 19.3. The third kappa shape index (κ3) is 2.80. The van der Waals surface area contributed by atoms with E-state index in [0.29, 0.717) is 11.5 Å². The van der Waals surface area contributed by atoms with Crippen molar-refractivity contribution >= 4 is 39.0 Å². The van der Waals surface area contributed by atoms with E-state index in [0.717, 1.165) is 38.1 Å². The highest BCUT2D eigenvalue weighted by Crippen LogP contribution is 2.57. The molecule has 2 aliphatic heterocycles. The number of hydrogen-bond acceptors (Lipinski definition) is 4. The maximum absolute atomic E-state index is 13.2. The zero-order chi connectivity index (χ0) is 20.0. The Hall–Kier alpha value is -3.52. The average molecular weight is 447 g/mol. The fourth-order valence-corrected chi connectivity index (χ4v) is 4.01. The summed E-state index contributed by atoms with van der Waals surface area (Å²) in [7, 11) is 0. The number of urea groups is 1. The number of rotatable bonds is 3. The molecule has 0 radical (unpaired) electrons. The Morgan fingerprint density at radius 3 is 2.55 bits per heavy atom.